The predicted molar refractivity (Wildman–Crippen MR) is 99.8 cm³/mol. The van der Waals surface area contributed by atoms with Gasteiger partial charge in [-0.15, -0.1) is 0 Å². The van der Waals surface area contributed by atoms with Crippen molar-refractivity contribution in [2.75, 3.05) is 0 Å². The second-order valence-electron chi connectivity index (χ2n) is 6.21. The number of hydrogen-bond acceptors (Lipinski definition) is 3. The molecule has 0 saturated carbocycles. The molecule has 1 aliphatic rings. The van der Waals surface area contributed by atoms with Gasteiger partial charge >= 0.3 is 0 Å². The van der Waals surface area contributed by atoms with Crippen molar-refractivity contribution in [3.05, 3.63) is 88.7 Å². The standard InChI is InChI=1S/C21H17N3O2/c1-14-12-16(15(2)23(14)17-8-4-3-5-9-17)13-22-24-20(25)18-10-6-7-11-19(18)21(24)26/h3-13H,1-2H3/b22-13+. The first-order chi connectivity index (χ1) is 12.6. The van der Waals surface area contributed by atoms with E-state index < -0.39 is 11.8 Å². The Hall–Kier alpha value is -3.47. The molecule has 0 atom stereocenters. The fourth-order valence-corrected chi connectivity index (χ4v) is 3.29. The van der Waals surface area contributed by atoms with E-state index in [9.17, 15) is 9.59 Å². The molecule has 0 bridgehead atoms. The van der Waals surface area contributed by atoms with Crippen LogP contribution in [-0.4, -0.2) is 27.6 Å². The average Bonchev–Trinajstić information content (AvgIpc) is 3.08. The summed E-state index contributed by atoms with van der Waals surface area (Å²) in [4.78, 5) is 24.8. The number of rotatable bonds is 3. The lowest BCUT2D eigenvalue weighted by Crippen LogP contribution is -2.24. The number of aryl methyl sites for hydroxylation is 1. The summed E-state index contributed by atoms with van der Waals surface area (Å²) >= 11 is 0. The van der Waals surface area contributed by atoms with Crippen LogP contribution < -0.4 is 0 Å². The number of carbonyl (C=O) groups is 2. The molecule has 1 aromatic heterocycles. The normalized spacial score (nSPS) is 13.7. The highest BCUT2D eigenvalue weighted by Gasteiger charge is 2.35. The van der Waals surface area contributed by atoms with Crippen LogP contribution in [0.15, 0.2) is 65.8 Å². The molecule has 0 saturated heterocycles. The zero-order valence-electron chi connectivity index (χ0n) is 14.5. The predicted octanol–water partition coefficient (Wildman–Crippen LogP) is 3.72. The molecule has 4 rings (SSSR count). The van der Waals surface area contributed by atoms with E-state index in [-0.39, 0.29) is 0 Å². The highest BCUT2D eigenvalue weighted by atomic mass is 16.2. The fourth-order valence-electron chi connectivity index (χ4n) is 3.29. The summed E-state index contributed by atoms with van der Waals surface area (Å²) in [6.07, 6.45) is 1.57. The van der Waals surface area contributed by atoms with Crippen LogP contribution in [-0.2, 0) is 0 Å². The van der Waals surface area contributed by atoms with Gasteiger partial charge in [0.2, 0.25) is 0 Å². The summed E-state index contributed by atoms with van der Waals surface area (Å²) in [5, 5.41) is 5.10. The maximum atomic E-state index is 12.4. The lowest BCUT2D eigenvalue weighted by molar-refractivity contribution is 0.0660. The number of fused-ring (bicyclic) bond motifs is 1. The van der Waals surface area contributed by atoms with E-state index >= 15 is 0 Å². The monoisotopic (exact) mass is 343 g/mol. The third kappa shape index (κ3) is 2.45. The Morgan fingerprint density at radius 2 is 1.42 bits per heavy atom. The van der Waals surface area contributed by atoms with Crippen LogP contribution in [0.3, 0.4) is 0 Å². The molecule has 5 heteroatoms. The van der Waals surface area contributed by atoms with Gasteiger partial charge in [-0.1, -0.05) is 30.3 Å². The maximum absolute atomic E-state index is 12.4. The quantitative estimate of drug-likeness (QED) is 0.537. The summed E-state index contributed by atoms with van der Waals surface area (Å²) in [5.41, 5.74) is 4.76. The van der Waals surface area contributed by atoms with Crippen molar-refractivity contribution in [3.8, 4) is 5.69 Å². The minimum atomic E-state index is -0.390. The van der Waals surface area contributed by atoms with E-state index in [1.54, 1.807) is 30.5 Å². The molecule has 0 unspecified atom stereocenters. The summed E-state index contributed by atoms with van der Waals surface area (Å²) < 4.78 is 2.11. The van der Waals surface area contributed by atoms with Crippen LogP contribution in [0, 0.1) is 13.8 Å². The third-order valence-electron chi connectivity index (χ3n) is 4.57. The zero-order chi connectivity index (χ0) is 18.3. The molecule has 1 aliphatic heterocycles. The molecule has 26 heavy (non-hydrogen) atoms. The number of hydrazone groups is 1. The smallest absolute Gasteiger partial charge is 0.282 e. The van der Waals surface area contributed by atoms with E-state index in [2.05, 4.69) is 9.67 Å². The molecule has 0 fully saturated rings. The number of amides is 2. The van der Waals surface area contributed by atoms with E-state index in [4.69, 9.17) is 0 Å². The number of carbonyl (C=O) groups excluding carboxylic acids is 2. The van der Waals surface area contributed by atoms with Crippen molar-refractivity contribution in [2.24, 2.45) is 5.10 Å². The van der Waals surface area contributed by atoms with Crippen LogP contribution in [0.4, 0.5) is 0 Å². The van der Waals surface area contributed by atoms with Gasteiger partial charge in [0.1, 0.15) is 0 Å². The Kier molecular flexibility index (Phi) is 3.77. The van der Waals surface area contributed by atoms with Gasteiger partial charge in [-0.3, -0.25) is 9.59 Å². The molecule has 5 nitrogen and oxygen atoms in total. The first-order valence-electron chi connectivity index (χ1n) is 8.34. The highest BCUT2D eigenvalue weighted by Crippen LogP contribution is 2.23. The number of aromatic nitrogens is 1. The third-order valence-corrected chi connectivity index (χ3v) is 4.57. The van der Waals surface area contributed by atoms with Crippen molar-refractivity contribution in [1.82, 2.24) is 9.58 Å². The van der Waals surface area contributed by atoms with Crippen molar-refractivity contribution in [3.63, 3.8) is 0 Å². The average molecular weight is 343 g/mol. The molecule has 128 valence electrons. The molecule has 0 spiro atoms. The summed E-state index contributed by atoms with van der Waals surface area (Å²) in [6, 6.07) is 18.8. The Labute approximate surface area is 151 Å². The van der Waals surface area contributed by atoms with Crippen LogP contribution in [0.25, 0.3) is 5.69 Å². The van der Waals surface area contributed by atoms with Gasteiger partial charge in [-0.05, 0) is 44.2 Å². The molecule has 2 aromatic carbocycles. The van der Waals surface area contributed by atoms with Crippen molar-refractivity contribution < 1.29 is 9.59 Å². The minimum absolute atomic E-state index is 0.390. The highest BCUT2D eigenvalue weighted by molar-refractivity contribution is 6.21. The SMILES string of the molecule is Cc1cc(/C=N/N2C(=O)c3ccccc3C2=O)c(C)n1-c1ccccc1. The molecule has 0 N–H and O–H groups in total. The van der Waals surface area contributed by atoms with Gasteiger partial charge in [0.15, 0.2) is 0 Å². The van der Waals surface area contributed by atoms with Gasteiger partial charge in [0.25, 0.3) is 11.8 Å². The van der Waals surface area contributed by atoms with Crippen LogP contribution in [0.1, 0.15) is 37.7 Å². The number of imide groups is 1. The van der Waals surface area contributed by atoms with Crippen molar-refractivity contribution >= 4 is 18.0 Å². The first kappa shape index (κ1) is 16.0. The van der Waals surface area contributed by atoms with Gasteiger partial charge in [0, 0.05) is 22.6 Å². The van der Waals surface area contributed by atoms with E-state index in [1.807, 2.05) is 50.2 Å². The van der Waals surface area contributed by atoms with E-state index in [0.29, 0.717) is 11.1 Å². The molecule has 0 aliphatic carbocycles. The largest absolute Gasteiger partial charge is 0.318 e. The Bertz CT molecular complexity index is 1010. The molecular weight excluding hydrogens is 326 g/mol. The fraction of sp³-hybridized carbons (Fsp3) is 0.0952. The topological polar surface area (TPSA) is 54.7 Å². The maximum Gasteiger partial charge on any atom is 0.282 e. The summed E-state index contributed by atoms with van der Waals surface area (Å²) in [5.74, 6) is -0.780. The first-order valence-corrected chi connectivity index (χ1v) is 8.34. The summed E-state index contributed by atoms with van der Waals surface area (Å²) in [7, 11) is 0. The summed E-state index contributed by atoms with van der Waals surface area (Å²) in [6.45, 7) is 4.00. The van der Waals surface area contributed by atoms with Gasteiger partial charge in [-0.2, -0.15) is 10.1 Å². The molecular formula is C21H17N3O2. The zero-order valence-corrected chi connectivity index (χ0v) is 14.5. The van der Waals surface area contributed by atoms with E-state index in [1.165, 1.54) is 0 Å². The van der Waals surface area contributed by atoms with Gasteiger partial charge in [0.05, 0.1) is 17.3 Å². The molecule has 2 heterocycles. The Balaban J connectivity index is 1.67. The van der Waals surface area contributed by atoms with Gasteiger partial charge in [-0.25, -0.2) is 0 Å². The van der Waals surface area contributed by atoms with Crippen LogP contribution in [0.2, 0.25) is 0 Å². The lowest BCUT2D eigenvalue weighted by Gasteiger charge is -2.09. The lowest BCUT2D eigenvalue weighted by atomic mass is 10.1. The van der Waals surface area contributed by atoms with Crippen LogP contribution >= 0.6 is 0 Å². The number of benzene rings is 2. The minimum Gasteiger partial charge on any atom is -0.318 e. The number of hydrogen-bond donors (Lipinski definition) is 0. The number of para-hydroxylation sites is 1. The van der Waals surface area contributed by atoms with Crippen LogP contribution in [0.5, 0.6) is 0 Å². The molecule has 3 aromatic rings. The van der Waals surface area contributed by atoms with Crippen molar-refractivity contribution in [1.29, 1.82) is 0 Å². The Morgan fingerprint density at radius 1 is 0.846 bits per heavy atom. The molecule has 2 amide bonds. The molecule has 0 radical (unpaired) electrons. The number of nitrogens with zero attached hydrogens (tertiary/aromatic N) is 3. The van der Waals surface area contributed by atoms with Gasteiger partial charge < -0.3 is 4.57 Å². The Morgan fingerprint density at radius 3 is 2.04 bits per heavy atom. The van der Waals surface area contributed by atoms with Crippen molar-refractivity contribution in [2.45, 2.75) is 13.8 Å². The van der Waals surface area contributed by atoms with E-state index in [0.717, 1.165) is 27.6 Å². The second kappa shape index (κ2) is 6.11. The second-order valence-corrected chi connectivity index (χ2v) is 6.21.